The van der Waals surface area contributed by atoms with Crippen molar-refractivity contribution in [1.29, 1.82) is 0 Å². The Kier molecular flexibility index (Phi) is 6.15. The van der Waals surface area contributed by atoms with E-state index in [1.807, 2.05) is 6.07 Å². The van der Waals surface area contributed by atoms with E-state index in [1.54, 1.807) is 24.4 Å². The summed E-state index contributed by atoms with van der Waals surface area (Å²) in [6.45, 7) is 3.70. The van der Waals surface area contributed by atoms with Crippen LogP contribution in [0.2, 0.25) is 0 Å². The Balaban J connectivity index is 2.07. The number of thiocarbonyl (C=S) groups is 1. The van der Waals surface area contributed by atoms with Crippen LogP contribution < -0.4 is 5.32 Å². The highest BCUT2D eigenvalue weighted by Gasteiger charge is 2.33. The van der Waals surface area contributed by atoms with E-state index >= 15 is 0 Å². The smallest absolute Gasteiger partial charge is 0.270 e. The van der Waals surface area contributed by atoms with Crippen molar-refractivity contribution in [1.82, 2.24) is 15.2 Å². The quantitative estimate of drug-likeness (QED) is 0.189. The number of benzene rings is 1. The van der Waals surface area contributed by atoms with Gasteiger partial charge in [0.25, 0.3) is 17.5 Å². The first-order valence-electron chi connectivity index (χ1n) is 8.28. The molecule has 0 bridgehead atoms. The zero-order chi connectivity index (χ0) is 21.0. The van der Waals surface area contributed by atoms with Crippen LogP contribution in [0.3, 0.4) is 0 Å². The highest BCUT2D eigenvalue weighted by molar-refractivity contribution is 7.99. The second-order valence-electron chi connectivity index (χ2n) is 5.77. The molecule has 10 heteroatoms. The maximum Gasteiger partial charge on any atom is 0.270 e. The zero-order valence-electron chi connectivity index (χ0n) is 14.9. The predicted molar refractivity (Wildman–Crippen MR) is 112 cm³/mol. The number of hydrogen-bond acceptors (Lipinski definition) is 7. The van der Waals surface area contributed by atoms with Gasteiger partial charge in [-0.1, -0.05) is 23.9 Å². The van der Waals surface area contributed by atoms with E-state index < -0.39 is 16.7 Å². The first-order valence-corrected chi connectivity index (χ1v) is 9.50. The molecule has 1 aromatic carbocycles. The third kappa shape index (κ3) is 4.55. The number of nitrogens with zero attached hydrogens (tertiary/aromatic N) is 3. The summed E-state index contributed by atoms with van der Waals surface area (Å²) in [4.78, 5) is 41.8. The largest absolute Gasteiger partial charge is 0.298 e. The molecular weight excluding hydrogens is 412 g/mol. The molecule has 2 aromatic rings. The summed E-state index contributed by atoms with van der Waals surface area (Å²) in [6, 6.07) is 9.59. The number of amides is 2. The fourth-order valence-electron chi connectivity index (χ4n) is 2.52. The minimum absolute atomic E-state index is 0.0147. The molecule has 1 aromatic heterocycles. The van der Waals surface area contributed by atoms with Crippen LogP contribution in [0.25, 0.3) is 6.08 Å². The molecule has 1 fully saturated rings. The maximum absolute atomic E-state index is 12.7. The highest BCUT2D eigenvalue weighted by atomic mass is 32.2. The number of nitrogens with one attached hydrogen (secondary N) is 1. The van der Waals surface area contributed by atoms with E-state index in [0.717, 1.165) is 0 Å². The lowest BCUT2D eigenvalue weighted by atomic mass is 10.1. The third-order valence-electron chi connectivity index (χ3n) is 3.85. The van der Waals surface area contributed by atoms with Crippen molar-refractivity contribution in [2.24, 2.45) is 0 Å². The molecule has 0 saturated carbocycles. The number of pyridine rings is 1. The summed E-state index contributed by atoms with van der Waals surface area (Å²) >= 11 is 6.29. The van der Waals surface area contributed by atoms with E-state index in [2.05, 4.69) is 16.9 Å². The number of nitro benzene ring substituents is 1. The molecule has 8 nitrogen and oxygen atoms in total. The number of non-ortho nitro benzene ring substituents is 1. The van der Waals surface area contributed by atoms with Gasteiger partial charge in [-0.2, -0.15) is 0 Å². The molecule has 0 spiro atoms. The molecule has 3 rings (SSSR count). The number of carbonyl (C=O) groups is 2. The van der Waals surface area contributed by atoms with Gasteiger partial charge in [-0.15, -0.1) is 6.58 Å². The van der Waals surface area contributed by atoms with Crippen molar-refractivity contribution >= 4 is 52.7 Å². The van der Waals surface area contributed by atoms with Crippen molar-refractivity contribution < 1.29 is 14.5 Å². The lowest BCUT2D eigenvalue weighted by Crippen LogP contribution is -2.53. The second kappa shape index (κ2) is 8.76. The molecule has 0 aliphatic carbocycles. The minimum atomic E-state index is -0.666. The summed E-state index contributed by atoms with van der Waals surface area (Å²) in [6.07, 6.45) is 4.43. The zero-order valence-corrected chi connectivity index (χ0v) is 16.5. The summed E-state index contributed by atoms with van der Waals surface area (Å²) in [5.41, 5.74) is 0.00731. The molecule has 146 valence electrons. The first-order chi connectivity index (χ1) is 13.9. The van der Waals surface area contributed by atoms with Crippen molar-refractivity contribution in [2.75, 3.05) is 6.54 Å². The van der Waals surface area contributed by atoms with Gasteiger partial charge in [-0.05, 0) is 42.1 Å². The molecule has 0 atom stereocenters. The van der Waals surface area contributed by atoms with Gasteiger partial charge in [0.1, 0.15) is 10.6 Å². The van der Waals surface area contributed by atoms with Crippen LogP contribution in [0.4, 0.5) is 5.69 Å². The van der Waals surface area contributed by atoms with Gasteiger partial charge in [-0.3, -0.25) is 29.9 Å². The Morgan fingerprint density at radius 1 is 1.31 bits per heavy atom. The fourth-order valence-corrected chi connectivity index (χ4v) is 3.63. The molecule has 1 aliphatic rings. The average molecular weight is 426 g/mol. The second-order valence-corrected chi connectivity index (χ2v) is 7.22. The van der Waals surface area contributed by atoms with Gasteiger partial charge in [-0.25, -0.2) is 4.98 Å². The lowest BCUT2D eigenvalue weighted by molar-refractivity contribution is -0.384. The summed E-state index contributed by atoms with van der Waals surface area (Å²) in [7, 11) is 0. The Labute approximate surface area is 175 Å². The van der Waals surface area contributed by atoms with Crippen LogP contribution in [0.1, 0.15) is 5.56 Å². The molecule has 1 aliphatic heterocycles. The Hall–Kier alpha value is -3.37. The van der Waals surface area contributed by atoms with Gasteiger partial charge in [0, 0.05) is 29.8 Å². The van der Waals surface area contributed by atoms with Crippen LogP contribution in [-0.2, 0) is 9.59 Å². The predicted octanol–water partition coefficient (Wildman–Crippen LogP) is 2.95. The summed E-state index contributed by atoms with van der Waals surface area (Å²) in [5.74, 6) is -1.26. The number of carbonyl (C=O) groups excluding carboxylic acids is 2. The minimum Gasteiger partial charge on any atom is -0.298 e. The SMILES string of the molecule is C=CCN1C(=O)/C(=C/c2cc([N+](=O)[O-])ccc2Sc2ccccn2)C(=O)NC1=S. The van der Waals surface area contributed by atoms with Crippen molar-refractivity contribution in [3.63, 3.8) is 0 Å². The van der Waals surface area contributed by atoms with Crippen LogP contribution in [0.15, 0.2) is 70.7 Å². The number of nitro groups is 1. The lowest BCUT2D eigenvalue weighted by Gasteiger charge is -2.27. The Morgan fingerprint density at radius 2 is 2.10 bits per heavy atom. The highest BCUT2D eigenvalue weighted by Crippen LogP contribution is 2.33. The molecule has 1 N–H and O–H groups in total. The maximum atomic E-state index is 12.7. The van der Waals surface area contributed by atoms with Gasteiger partial charge >= 0.3 is 0 Å². The Morgan fingerprint density at radius 3 is 2.76 bits per heavy atom. The average Bonchev–Trinajstić information content (AvgIpc) is 2.70. The van der Waals surface area contributed by atoms with Crippen molar-refractivity contribution in [2.45, 2.75) is 9.92 Å². The van der Waals surface area contributed by atoms with Crippen molar-refractivity contribution in [3.05, 3.63) is 76.5 Å². The molecule has 2 amide bonds. The van der Waals surface area contributed by atoms with Gasteiger partial charge in [0.05, 0.1) is 4.92 Å². The third-order valence-corrected chi connectivity index (χ3v) is 5.22. The molecule has 2 heterocycles. The van der Waals surface area contributed by atoms with Gasteiger partial charge in [0.15, 0.2) is 5.11 Å². The molecule has 0 radical (unpaired) electrons. The molecular formula is C19H14N4O4S2. The van der Waals surface area contributed by atoms with E-state index in [4.69, 9.17) is 12.2 Å². The Bertz CT molecular complexity index is 1050. The van der Waals surface area contributed by atoms with Gasteiger partial charge < -0.3 is 0 Å². The topological polar surface area (TPSA) is 105 Å². The molecule has 0 unspecified atom stereocenters. The van der Waals surface area contributed by atoms with E-state index in [1.165, 1.54) is 40.9 Å². The van der Waals surface area contributed by atoms with E-state index in [0.29, 0.717) is 15.5 Å². The fraction of sp³-hybridized carbons (Fsp3) is 0.0526. The van der Waals surface area contributed by atoms with Gasteiger partial charge in [0.2, 0.25) is 0 Å². The van der Waals surface area contributed by atoms with E-state index in [-0.39, 0.29) is 22.9 Å². The monoisotopic (exact) mass is 426 g/mol. The van der Waals surface area contributed by atoms with Crippen LogP contribution in [0, 0.1) is 10.1 Å². The first kappa shape index (κ1) is 20.4. The normalized spacial score (nSPS) is 15.4. The standard InChI is InChI=1S/C19H14N4O4S2/c1-2-9-22-18(25)14(17(24)21-19(22)28)11-12-10-13(23(26)27)6-7-15(12)29-16-5-3-4-8-20-16/h2-8,10-11H,1,9H2,(H,21,24,28)/b14-11+. The molecule has 1 saturated heterocycles. The van der Waals surface area contributed by atoms with Crippen molar-refractivity contribution in [3.8, 4) is 0 Å². The number of hydrogen-bond donors (Lipinski definition) is 1. The number of rotatable bonds is 6. The number of aromatic nitrogens is 1. The van der Waals surface area contributed by atoms with Crippen LogP contribution >= 0.6 is 24.0 Å². The summed E-state index contributed by atoms with van der Waals surface area (Å²) in [5, 5.41) is 14.3. The molecule has 29 heavy (non-hydrogen) atoms. The van der Waals surface area contributed by atoms with Crippen LogP contribution in [0.5, 0.6) is 0 Å². The van der Waals surface area contributed by atoms with Crippen LogP contribution in [-0.4, -0.2) is 38.3 Å². The summed E-state index contributed by atoms with van der Waals surface area (Å²) < 4.78 is 0. The van der Waals surface area contributed by atoms with E-state index in [9.17, 15) is 19.7 Å².